The molecule has 1 aromatic rings. The maximum Gasteiger partial charge on any atom is 0.191 e. The van der Waals surface area contributed by atoms with Crippen molar-refractivity contribution in [2.75, 3.05) is 33.9 Å². The first-order valence-corrected chi connectivity index (χ1v) is 7.93. The first-order valence-electron chi connectivity index (χ1n) is 7.93. The number of rotatable bonds is 8. The Labute approximate surface area is 138 Å². The number of nitrogens with zero attached hydrogens (tertiary/aromatic N) is 1. The number of aliphatic hydroxyl groups is 1. The van der Waals surface area contributed by atoms with Crippen LogP contribution in [0.15, 0.2) is 23.2 Å². The van der Waals surface area contributed by atoms with Gasteiger partial charge in [0.25, 0.3) is 0 Å². The fourth-order valence-corrected chi connectivity index (χ4v) is 2.09. The quantitative estimate of drug-likeness (QED) is 0.504. The van der Waals surface area contributed by atoms with E-state index in [4.69, 9.17) is 14.6 Å². The van der Waals surface area contributed by atoms with Crippen LogP contribution in [0.1, 0.15) is 32.4 Å². The third kappa shape index (κ3) is 5.98. The fraction of sp³-hybridized carbons (Fsp3) is 0.588. The van der Waals surface area contributed by atoms with Crippen molar-refractivity contribution in [3.63, 3.8) is 0 Å². The summed E-state index contributed by atoms with van der Waals surface area (Å²) in [4.78, 5) is 4.51. The second-order valence-electron chi connectivity index (χ2n) is 5.48. The molecule has 0 spiro atoms. The minimum absolute atomic E-state index is 0.0118. The van der Waals surface area contributed by atoms with E-state index in [0.29, 0.717) is 12.5 Å². The molecule has 130 valence electrons. The molecular formula is C17H29N3O3. The van der Waals surface area contributed by atoms with E-state index in [1.807, 2.05) is 39.0 Å². The Kier molecular flexibility index (Phi) is 8.26. The number of guanidine groups is 1. The molecule has 1 rings (SSSR count). The third-order valence-corrected chi connectivity index (χ3v) is 3.47. The van der Waals surface area contributed by atoms with E-state index in [1.165, 1.54) is 0 Å². The molecule has 0 aliphatic rings. The maximum absolute atomic E-state index is 9.12. The van der Waals surface area contributed by atoms with Gasteiger partial charge in [-0.25, -0.2) is 0 Å². The van der Waals surface area contributed by atoms with E-state index in [1.54, 1.807) is 14.2 Å². The van der Waals surface area contributed by atoms with Crippen LogP contribution < -0.4 is 20.1 Å². The fourth-order valence-electron chi connectivity index (χ4n) is 2.09. The van der Waals surface area contributed by atoms with Gasteiger partial charge in [0.15, 0.2) is 5.96 Å². The number of methoxy groups -OCH3 is 2. The zero-order valence-electron chi connectivity index (χ0n) is 14.7. The van der Waals surface area contributed by atoms with Gasteiger partial charge in [0.2, 0.25) is 0 Å². The van der Waals surface area contributed by atoms with Gasteiger partial charge in [0.05, 0.1) is 20.3 Å². The summed E-state index contributed by atoms with van der Waals surface area (Å²) in [5.74, 6) is 2.42. The zero-order chi connectivity index (χ0) is 17.2. The number of hydrogen-bond donors (Lipinski definition) is 3. The van der Waals surface area contributed by atoms with E-state index in [2.05, 4.69) is 15.6 Å². The lowest BCUT2D eigenvalue weighted by atomic mass is 10.1. The molecule has 3 N–H and O–H groups in total. The molecule has 0 radical (unpaired) electrons. The Morgan fingerprint density at radius 2 is 2.00 bits per heavy atom. The smallest absolute Gasteiger partial charge is 0.191 e. The molecule has 0 amide bonds. The molecule has 2 unspecified atom stereocenters. The normalized spacial score (nSPS) is 14.1. The molecule has 6 heteroatoms. The third-order valence-electron chi connectivity index (χ3n) is 3.47. The lowest BCUT2D eigenvalue weighted by Gasteiger charge is -2.21. The number of ether oxygens (including phenoxy) is 2. The van der Waals surface area contributed by atoms with Crippen molar-refractivity contribution >= 4 is 5.96 Å². The van der Waals surface area contributed by atoms with Crippen LogP contribution in [0.5, 0.6) is 11.5 Å². The summed E-state index contributed by atoms with van der Waals surface area (Å²) < 4.78 is 10.7. The largest absolute Gasteiger partial charge is 0.497 e. The van der Waals surface area contributed by atoms with Gasteiger partial charge >= 0.3 is 0 Å². The highest BCUT2D eigenvalue weighted by Crippen LogP contribution is 2.29. The number of benzene rings is 1. The molecule has 0 fully saturated rings. The Morgan fingerprint density at radius 1 is 1.26 bits per heavy atom. The summed E-state index contributed by atoms with van der Waals surface area (Å²) >= 11 is 0. The Hall–Kier alpha value is -1.95. The van der Waals surface area contributed by atoms with Crippen LogP contribution >= 0.6 is 0 Å². The lowest BCUT2D eigenvalue weighted by molar-refractivity contribution is 0.241. The van der Waals surface area contributed by atoms with Crippen LogP contribution in [0.2, 0.25) is 0 Å². The number of nitrogens with one attached hydrogen (secondary N) is 2. The highest BCUT2D eigenvalue weighted by atomic mass is 16.5. The van der Waals surface area contributed by atoms with E-state index in [9.17, 15) is 0 Å². The summed E-state index contributed by atoms with van der Waals surface area (Å²) in [7, 11) is 3.30. The van der Waals surface area contributed by atoms with Crippen LogP contribution in [-0.2, 0) is 0 Å². The van der Waals surface area contributed by atoms with E-state index in [0.717, 1.165) is 23.6 Å². The predicted octanol–water partition coefficient (Wildman–Crippen LogP) is 1.95. The van der Waals surface area contributed by atoms with Crippen LogP contribution in [-0.4, -0.2) is 45.0 Å². The highest BCUT2D eigenvalue weighted by Gasteiger charge is 2.14. The van der Waals surface area contributed by atoms with Crippen LogP contribution in [0, 0.1) is 5.92 Å². The average molecular weight is 323 g/mol. The Morgan fingerprint density at radius 3 is 2.57 bits per heavy atom. The van der Waals surface area contributed by atoms with Gasteiger partial charge in [-0.1, -0.05) is 6.92 Å². The minimum Gasteiger partial charge on any atom is -0.497 e. The Balaban J connectivity index is 2.91. The van der Waals surface area contributed by atoms with Crippen molar-refractivity contribution in [1.82, 2.24) is 10.6 Å². The molecule has 23 heavy (non-hydrogen) atoms. The van der Waals surface area contributed by atoms with Crippen molar-refractivity contribution in [2.24, 2.45) is 10.9 Å². The Bertz CT molecular complexity index is 506. The van der Waals surface area contributed by atoms with Gasteiger partial charge in [0.1, 0.15) is 11.5 Å². The number of aliphatic hydroxyl groups excluding tert-OH is 1. The van der Waals surface area contributed by atoms with Crippen molar-refractivity contribution < 1.29 is 14.6 Å². The maximum atomic E-state index is 9.12. The summed E-state index contributed by atoms with van der Waals surface area (Å²) in [6, 6.07) is 5.71. The van der Waals surface area contributed by atoms with Gasteiger partial charge < -0.3 is 25.2 Å². The highest BCUT2D eigenvalue weighted by molar-refractivity contribution is 5.80. The van der Waals surface area contributed by atoms with Crippen molar-refractivity contribution in [3.05, 3.63) is 23.8 Å². The molecule has 0 saturated heterocycles. The molecule has 0 aromatic heterocycles. The summed E-state index contributed by atoms with van der Waals surface area (Å²) in [5.41, 5.74) is 0.993. The van der Waals surface area contributed by atoms with Gasteiger partial charge in [-0.3, -0.25) is 4.99 Å². The predicted molar refractivity (Wildman–Crippen MR) is 93.3 cm³/mol. The molecule has 0 saturated carbocycles. The minimum atomic E-state index is -0.0118. The van der Waals surface area contributed by atoms with E-state index >= 15 is 0 Å². The molecule has 0 aliphatic carbocycles. The second kappa shape index (κ2) is 9.94. The van der Waals surface area contributed by atoms with Crippen LogP contribution in [0.25, 0.3) is 0 Å². The average Bonchev–Trinajstić information content (AvgIpc) is 2.58. The van der Waals surface area contributed by atoms with Crippen molar-refractivity contribution in [1.29, 1.82) is 0 Å². The standard InChI is InChI=1S/C17H29N3O3/c1-6-18-17(19-10-12(2)11-21)20-13(3)15-9-14(22-4)7-8-16(15)23-5/h7-9,12-13,21H,6,10-11H2,1-5H3,(H2,18,19,20). The summed E-state index contributed by atoms with van der Waals surface area (Å²) in [5, 5.41) is 15.7. The van der Waals surface area contributed by atoms with Gasteiger partial charge in [-0.2, -0.15) is 0 Å². The molecule has 0 aliphatic heterocycles. The first-order chi connectivity index (χ1) is 11.0. The summed E-state index contributed by atoms with van der Waals surface area (Å²) in [6.07, 6.45) is 0. The number of aliphatic imine (C=N–C) groups is 1. The summed E-state index contributed by atoms with van der Waals surface area (Å²) in [6.45, 7) is 7.47. The second-order valence-corrected chi connectivity index (χ2v) is 5.48. The molecule has 1 aromatic carbocycles. The van der Waals surface area contributed by atoms with Gasteiger partial charge in [0, 0.05) is 25.3 Å². The molecule has 0 bridgehead atoms. The topological polar surface area (TPSA) is 75.1 Å². The van der Waals surface area contributed by atoms with Crippen LogP contribution in [0.3, 0.4) is 0 Å². The lowest BCUT2D eigenvalue weighted by Crippen LogP contribution is -2.39. The van der Waals surface area contributed by atoms with Gasteiger partial charge in [-0.15, -0.1) is 0 Å². The number of hydrogen-bond acceptors (Lipinski definition) is 4. The first kappa shape index (κ1) is 19.1. The van der Waals surface area contributed by atoms with Crippen molar-refractivity contribution in [3.8, 4) is 11.5 Å². The molecule has 6 nitrogen and oxygen atoms in total. The molecule has 2 atom stereocenters. The zero-order valence-corrected chi connectivity index (χ0v) is 14.7. The monoisotopic (exact) mass is 323 g/mol. The van der Waals surface area contributed by atoms with Crippen LogP contribution in [0.4, 0.5) is 0 Å². The van der Waals surface area contributed by atoms with Gasteiger partial charge in [-0.05, 0) is 38.0 Å². The SMILES string of the molecule is CCNC(=NCC(C)CO)NC(C)c1cc(OC)ccc1OC. The van der Waals surface area contributed by atoms with E-state index in [-0.39, 0.29) is 18.6 Å². The molecule has 0 heterocycles. The van der Waals surface area contributed by atoms with E-state index < -0.39 is 0 Å². The van der Waals surface area contributed by atoms with Crippen molar-refractivity contribution in [2.45, 2.75) is 26.8 Å². The molecular weight excluding hydrogens is 294 g/mol.